The van der Waals surface area contributed by atoms with Crippen LogP contribution in [0.4, 0.5) is 5.69 Å². The second-order valence-electron chi connectivity index (χ2n) is 4.71. The summed E-state index contributed by atoms with van der Waals surface area (Å²) in [7, 11) is 3.00. The number of phenolic OH excluding ortho intramolecular Hbond substituents is 1. The highest BCUT2D eigenvalue weighted by molar-refractivity contribution is 8.00. The molecule has 116 valence electrons. The van der Waals surface area contributed by atoms with Gasteiger partial charge >= 0.3 is 0 Å². The lowest BCUT2D eigenvalue weighted by molar-refractivity contribution is -0.113. The molecule has 1 aliphatic rings. The van der Waals surface area contributed by atoms with Gasteiger partial charge in [0.2, 0.25) is 11.7 Å². The van der Waals surface area contributed by atoms with Crippen LogP contribution in [0.2, 0.25) is 0 Å². The van der Waals surface area contributed by atoms with Crippen LogP contribution < -0.4 is 14.8 Å². The fraction of sp³-hybridized carbons (Fsp3) is 0.267. The Morgan fingerprint density at radius 1 is 1.27 bits per heavy atom. The summed E-state index contributed by atoms with van der Waals surface area (Å²) in [5, 5.41) is 14.9. The monoisotopic (exact) mass is 337 g/mol. The maximum absolute atomic E-state index is 11.8. The van der Waals surface area contributed by atoms with Crippen molar-refractivity contribution in [3.63, 3.8) is 0 Å². The van der Waals surface area contributed by atoms with Crippen LogP contribution in [-0.2, 0) is 4.79 Å². The summed E-state index contributed by atoms with van der Waals surface area (Å²) in [5.41, 5.74) is 1.77. The zero-order valence-electron chi connectivity index (χ0n) is 12.1. The topological polar surface area (TPSA) is 67.8 Å². The molecule has 1 atom stereocenters. The predicted molar refractivity (Wildman–Crippen MR) is 88.5 cm³/mol. The first-order valence-electron chi connectivity index (χ1n) is 6.57. The average Bonchev–Trinajstić information content (AvgIpc) is 2.90. The second kappa shape index (κ2) is 6.10. The zero-order chi connectivity index (χ0) is 15.7. The van der Waals surface area contributed by atoms with Crippen LogP contribution in [0.1, 0.15) is 15.7 Å². The number of carbonyl (C=O) groups excluding carboxylic acids is 1. The number of thioether (sulfide) groups is 1. The number of hydrogen-bond donors (Lipinski definition) is 2. The maximum atomic E-state index is 11.8. The van der Waals surface area contributed by atoms with Crippen molar-refractivity contribution in [2.45, 2.75) is 5.25 Å². The van der Waals surface area contributed by atoms with Crippen molar-refractivity contribution in [3.05, 3.63) is 34.0 Å². The molecule has 2 heterocycles. The van der Waals surface area contributed by atoms with E-state index in [4.69, 9.17) is 9.47 Å². The third-order valence-electron chi connectivity index (χ3n) is 3.39. The Bertz CT molecular complexity index is 688. The van der Waals surface area contributed by atoms with Crippen molar-refractivity contribution < 1.29 is 19.4 Å². The van der Waals surface area contributed by atoms with E-state index in [1.54, 1.807) is 35.2 Å². The van der Waals surface area contributed by atoms with Gasteiger partial charge in [-0.1, -0.05) is 0 Å². The Morgan fingerprint density at radius 3 is 2.59 bits per heavy atom. The Morgan fingerprint density at radius 2 is 1.95 bits per heavy atom. The summed E-state index contributed by atoms with van der Waals surface area (Å²) < 4.78 is 10.4. The quantitative estimate of drug-likeness (QED) is 0.900. The van der Waals surface area contributed by atoms with E-state index < -0.39 is 0 Å². The van der Waals surface area contributed by atoms with Gasteiger partial charge in [0.1, 0.15) is 0 Å². The molecule has 0 aliphatic carbocycles. The molecule has 0 saturated carbocycles. The van der Waals surface area contributed by atoms with Gasteiger partial charge in [-0.05, 0) is 29.1 Å². The molecule has 1 unspecified atom stereocenters. The van der Waals surface area contributed by atoms with Crippen LogP contribution in [0, 0.1) is 0 Å². The van der Waals surface area contributed by atoms with Gasteiger partial charge in [0.25, 0.3) is 0 Å². The number of thiophene rings is 1. The summed E-state index contributed by atoms with van der Waals surface area (Å²) in [5.74, 6) is 1.06. The van der Waals surface area contributed by atoms with Crippen LogP contribution in [0.5, 0.6) is 17.2 Å². The molecule has 0 saturated heterocycles. The van der Waals surface area contributed by atoms with E-state index in [9.17, 15) is 9.90 Å². The van der Waals surface area contributed by atoms with Crippen molar-refractivity contribution in [3.8, 4) is 17.2 Å². The number of rotatable bonds is 3. The van der Waals surface area contributed by atoms with E-state index in [2.05, 4.69) is 5.32 Å². The molecule has 0 bridgehead atoms. The lowest BCUT2D eigenvalue weighted by Crippen LogP contribution is -2.11. The summed E-state index contributed by atoms with van der Waals surface area (Å²) in [6.45, 7) is 0. The lowest BCUT2D eigenvalue weighted by atomic mass is 10.1. The number of ether oxygens (including phenoxy) is 2. The number of anilines is 1. The number of carbonyl (C=O) groups is 1. The highest BCUT2D eigenvalue weighted by Gasteiger charge is 2.27. The molecular formula is C15H15NO4S2. The molecule has 22 heavy (non-hydrogen) atoms. The van der Waals surface area contributed by atoms with Crippen molar-refractivity contribution in [2.24, 2.45) is 0 Å². The van der Waals surface area contributed by atoms with E-state index >= 15 is 0 Å². The molecule has 5 nitrogen and oxygen atoms in total. The van der Waals surface area contributed by atoms with E-state index in [1.807, 2.05) is 11.4 Å². The molecular weight excluding hydrogens is 322 g/mol. The maximum Gasteiger partial charge on any atom is 0.234 e. The minimum atomic E-state index is -0.0204. The molecule has 2 N–H and O–H groups in total. The third-order valence-corrected chi connectivity index (χ3v) is 5.79. The van der Waals surface area contributed by atoms with Crippen LogP contribution in [0.3, 0.4) is 0 Å². The number of hydrogen-bond acceptors (Lipinski definition) is 6. The van der Waals surface area contributed by atoms with Crippen LogP contribution in [0.15, 0.2) is 23.6 Å². The van der Waals surface area contributed by atoms with Gasteiger partial charge in [-0.2, -0.15) is 0 Å². The highest BCUT2D eigenvalue weighted by Crippen LogP contribution is 2.48. The standard InChI is InChI=1S/C15H15NO4S2/c1-19-10-5-8(6-11(20-2)13(10)18)14-15-9(3-4-21-15)16-12(17)7-22-14/h3-6,14,18H,7H2,1-2H3,(H,16,17). The third kappa shape index (κ3) is 2.62. The first-order valence-corrected chi connectivity index (χ1v) is 8.50. The first kappa shape index (κ1) is 15.1. The number of benzene rings is 1. The number of amides is 1. The SMILES string of the molecule is COc1cc(C2SCC(=O)Nc3ccsc32)cc(OC)c1O. The molecule has 1 aromatic heterocycles. The lowest BCUT2D eigenvalue weighted by Gasteiger charge is -2.17. The Balaban J connectivity index is 2.09. The van der Waals surface area contributed by atoms with Crippen molar-refractivity contribution in [1.82, 2.24) is 0 Å². The Labute approximate surface area is 136 Å². The molecule has 2 aromatic rings. The number of methoxy groups -OCH3 is 2. The second-order valence-corrected chi connectivity index (χ2v) is 6.75. The van der Waals surface area contributed by atoms with Crippen LogP contribution in [0.25, 0.3) is 0 Å². The van der Waals surface area contributed by atoms with Gasteiger partial charge in [0.05, 0.1) is 30.9 Å². The molecule has 1 aromatic carbocycles. The fourth-order valence-corrected chi connectivity index (χ4v) is 4.59. The fourth-order valence-electron chi connectivity index (χ4n) is 2.36. The van der Waals surface area contributed by atoms with Gasteiger partial charge in [0, 0.05) is 4.88 Å². The molecule has 0 spiro atoms. The van der Waals surface area contributed by atoms with Crippen molar-refractivity contribution in [1.29, 1.82) is 0 Å². The molecule has 0 fully saturated rings. The van der Waals surface area contributed by atoms with Crippen molar-refractivity contribution in [2.75, 3.05) is 25.3 Å². The normalized spacial score (nSPS) is 17.4. The summed E-state index contributed by atoms with van der Waals surface area (Å²) in [6.07, 6.45) is 0. The zero-order valence-corrected chi connectivity index (χ0v) is 13.7. The number of nitrogens with one attached hydrogen (secondary N) is 1. The summed E-state index contributed by atoms with van der Waals surface area (Å²) >= 11 is 3.14. The minimum Gasteiger partial charge on any atom is -0.502 e. The Hall–Kier alpha value is -1.86. The van der Waals surface area contributed by atoms with E-state index in [0.717, 1.165) is 16.1 Å². The van der Waals surface area contributed by atoms with Gasteiger partial charge < -0.3 is 19.9 Å². The average molecular weight is 337 g/mol. The molecule has 0 radical (unpaired) electrons. The number of aromatic hydroxyl groups is 1. The predicted octanol–water partition coefficient (Wildman–Crippen LogP) is 3.25. The van der Waals surface area contributed by atoms with Crippen molar-refractivity contribution >= 4 is 34.7 Å². The van der Waals surface area contributed by atoms with E-state index in [-0.39, 0.29) is 16.9 Å². The first-order chi connectivity index (χ1) is 10.6. The smallest absolute Gasteiger partial charge is 0.234 e. The van der Waals surface area contributed by atoms with Crippen LogP contribution >= 0.6 is 23.1 Å². The van der Waals surface area contributed by atoms with E-state index in [1.165, 1.54) is 14.2 Å². The summed E-state index contributed by atoms with van der Waals surface area (Å²) in [4.78, 5) is 12.9. The van der Waals surface area contributed by atoms with Gasteiger partial charge in [-0.25, -0.2) is 0 Å². The highest BCUT2D eigenvalue weighted by atomic mass is 32.2. The summed E-state index contributed by atoms with van der Waals surface area (Å²) in [6, 6.07) is 5.48. The van der Waals surface area contributed by atoms with Gasteiger partial charge in [-0.3, -0.25) is 4.79 Å². The van der Waals surface area contributed by atoms with Gasteiger partial charge in [-0.15, -0.1) is 23.1 Å². The van der Waals surface area contributed by atoms with Crippen LogP contribution in [-0.4, -0.2) is 31.0 Å². The minimum absolute atomic E-state index is 0.00939. The molecule has 3 rings (SSSR count). The number of phenols is 1. The number of fused-ring (bicyclic) bond motifs is 1. The Kier molecular flexibility index (Phi) is 4.17. The van der Waals surface area contributed by atoms with Gasteiger partial charge in [0.15, 0.2) is 11.5 Å². The molecule has 1 amide bonds. The van der Waals surface area contributed by atoms with E-state index in [0.29, 0.717) is 17.3 Å². The molecule has 7 heteroatoms. The molecule has 1 aliphatic heterocycles. The largest absolute Gasteiger partial charge is 0.502 e.